The average molecular weight is 495 g/mol. The molecular weight excluding hydrogens is 464 g/mol. The van der Waals surface area contributed by atoms with E-state index in [0.29, 0.717) is 36.4 Å². The van der Waals surface area contributed by atoms with E-state index in [1.165, 1.54) is 0 Å². The second-order valence-corrected chi connectivity index (χ2v) is 8.83. The van der Waals surface area contributed by atoms with Crippen LogP contribution in [0.25, 0.3) is 11.5 Å². The number of rotatable bonds is 9. The van der Waals surface area contributed by atoms with Crippen LogP contribution in [0.4, 0.5) is 0 Å². The topological polar surface area (TPSA) is 157 Å². The second kappa shape index (κ2) is 11.7. The number of nitrogens with zero attached hydrogens (tertiary/aromatic N) is 6. The lowest BCUT2D eigenvalue weighted by Crippen LogP contribution is -2.39. The number of hydrogen-bond acceptors (Lipinski definition) is 9. The van der Waals surface area contributed by atoms with Crippen molar-refractivity contribution in [2.45, 2.75) is 51.7 Å². The number of aryl methyl sites for hydroxylation is 1. The van der Waals surface area contributed by atoms with Gasteiger partial charge in [0.1, 0.15) is 29.6 Å². The summed E-state index contributed by atoms with van der Waals surface area (Å²) < 4.78 is 5.22. The van der Waals surface area contributed by atoms with E-state index in [1.807, 2.05) is 24.3 Å². The molecule has 0 atom stereocenters. The molecule has 1 aliphatic carbocycles. The molecule has 1 fully saturated rings. The predicted octanol–water partition coefficient (Wildman–Crippen LogP) is 1.04. The van der Waals surface area contributed by atoms with E-state index in [9.17, 15) is 9.59 Å². The fourth-order valence-corrected chi connectivity index (χ4v) is 4.27. The van der Waals surface area contributed by atoms with E-state index in [1.54, 1.807) is 24.9 Å². The molecule has 0 spiro atoms. The maximum absolute atomic E-state index is 12.8. The van der Waals surface area contributed by atoms with Gasteiger partial charge in [0, 0.05) is 12.6 Å². The zero-order chi connectivity index (χ0) is 25.5. The molecule has 3 N–H and O–H groups in total. The summed E-state index contributed by atoms with van der Waals surface area (Å²) in [5, 5.41) is 27.3. The minimum atomic E-state index is -0.486. The first-order valence-corrected chi connectivity index (χ1v) is 11.9. The molecule has 190 valence electrons. The number of amides is 2. The summed E-state index contributed by atoms with van der Waals surface area (Å²) in [6, 6.07) is 9.12. The zero-order valence-electron chi connectivity index (χ0n) is 20.3. The summed E-state index contributed by atoms with van der Waals surface area (Å²) in [6.45, 7) is 2.15. The van der Waals surface area contributed by atoms with Crippen LogP contribution in [-0.4, -0.2) is 66.9 Å². The molecule has 12 nitrogen and oxygen atoms in total. The van der Waals surface area contributed by atoms with Crippen molar-refractivity contribution in [3.63, 3.8) is 0 Å². The highest BCUT2D eigenvalue weighted by atomic mass is 16.5. The van der Waals surface area contributed by atoms with Gasteiger partial charge in [-0.2, -0.15) is 4.80 Å². The van der Waals surface area contributed by atoms with Crippen LogP contribution < -0.4 is 15.4 Å². The van der Waals surface area contributed by atoms with Crippen molar-refractivity contribution in [1.82, 2.24) is 40.8 Å². The number of nitrogens with one attached hydrogen (secondary N) is 2. The summed E-state index contributed by atoms with van der Waals surface area (Å²) in [6.07, 6.45) is 3.52. The fraction of sp³-hybridized carbons (Fsp3) is 0.458. The number of hydrogen-bond donors (Lipinski definition) is 3. The van der Waals surface area contributed by atoms with Gasteiger partial charge in [0.25, 0.3) is 5.91 Å². The molecule has 2 heterocycles. The highest BCUT2D eigenvalue weighted by Crippen LogP contribution is 2.25. The van der Waals surface area contributed by atoms with Crippen molar-refractivity contribution in [3.05, 3.63) is 47.4 Å². The van der Waals surface area contributed by atoms with Gasteiger partial charge >= 0.3 is 0 Å². The average Bonchev–Trinajstić information content (AvgIpc) is 3.36. The Hall–Kier alpha value is -3.93. The lowest BCUT2D eigenvalue weighted by molar-refractivity contribution is -0.124. The predicted molar refractivity (Wildman–Crippen MR) is 129 cm³/mol. The Morgan fingerprint density at radius 2 is 1.97 bits per heavy atom. The summed E-state index contributed by atoms with van der Waals surface area (Å²) in [4.78, 5) is 34.3. The Balaban J connectivity index is 1.36. The largest absolute Gasteiger partial charge is 0.497 e. The normalized spacial score (nSPS) is 17.4. The molecule has 1 saturated carbocycles. The van der Waals surface area contributed by atoms with Gasteiger partial charge in [-0.25, -0.2) is 9.97 Å². The third-order valence-electron chi connectivity index (χ3n) is 6.12. The van der Waals surface area contributed by atoms with E-state index in [4.69, 9.17) is 9.84 Å². The standard InChI is InChI=1S/C24H30N8O4/c1-15-26-20(11-21(27-15)24(35)25-12-17-4-3-5-19(10-17)36-2)23-29-31-32(30-23)13-16-6-8-18(9-7-16)28-22(34)14-33/h3-5,10-11,16,18,33H,6-9,12-14H2,1-2H3,(H,25,35)(H,28,34)/t16-,18-. The van der Waals surface area contributed by atoms with Gasteiger partial charge in [0.05, 0.1) is 13.7 Å². The number of aromatic nitrogens is 6. The van der Waals surface area contributed by atoms with Crippen LogP contribution in [0.5, 0.6) is 5.75 Å². The number of methoxy groups -OCH3 is 1. The molecule has 0 radical (unpaired) electrons. The van der Waals surface area contributed by atoms with Crippen LogP contribution in [0.15, 0.2) is 30.3 Å². The van der Waals surface area contributed by atoms with E-state index in [0.717, 1.165) is 37.0 Å². The maximum atomic E-state index is 12.8. The molecule has 12 heteroatoms. The van der Waals surface area contributed by atoms with Gasteiger partial charge in [-0.05, 0) is 67.5 Å². The number of aliphatic hydroxyl groups is 1. The molecular formula is C24H30N8O4. The van der Waals surface area contributed by atoms with Crippen molar-refractivity contribution in [1.29, 1.82) is 0 Å². The van der Waals surface area contributed by atoms with Crippen molar-refractivity contribution in [2.24, 2.45) is 5.92 Å². The summed E-state index contributed by atoms with van der Waals surface area (Å²) >= 11 is 0. The molecule has 4 rings (SSSR count). The van der Waals surface area contributed by atoms with Gasteiger partial charge in [-0.15, -0.1) is 10.2 Å². The summed E-state index contributed by atoms with van der Waals surface area (Å²) in [5.74, 6) is 1.17. The van der Waals surface area contributed by atoms with Crippen LogP contribution in [0, 0.1) is 12.8 Å². The van der Waals surface area contributed by atoms with Crippen LogP contribution in [0.2, 0.25) is 0 Å². The van der Waals surface area contributed by atoms with Gasteiger partial charge in [-0.3, -0.25) is 9.59 Å². The molecule has 0 unspecified atom stereocenters. The third kappa shape index (κ3) is 6.60. The van der Waals surface area contributed by atoms with Gasteiger partial charge < -0.3 is 20.5 Å². The number of ether oxygens (including phenoxy) is 1. The Labute approximate surface area is 208 Å². The molecule has 2 amide bonds. The lowest BCUT2D eigenvalue weighted by atomic mass is 9.86. The minimum absolute atomic E-state index is 0.0950. The first kappa shape index (κ1) is 25.2. The fourth-order valence-electron chi connectivity index (χ4n) is 4.27. The highest BCUT2D eigenvalue weighted by Gasteiger charge is 2.23. The first-order valence-electron chi connectivity index (χ1n) is 11.9. The van der Waals surface area contributed by atoms with Crippen LogP contribution >= 0.6 is 0 Å². The van der Waals surface area contributed by atoms with Crippen LogP contribution in [0.1, 0.15) is 47.6 Å². The minimum Gasteiger partial charge on any atom is -0.497 e. The van der Waals surface area contributed by atoms with E-state index in [2.05, 4.69) is 36.0 Å². The molecule has 3 aromatic rings. The summed E-state index contributed by atoms with van der Waals surface area (Å²) in [7, 11) is 1.60. The number of aliphatic hydroxyl groups excluding tert-OH is 1. The SMILES string of the molecule is COc1cccc(CNC(=O)c2cc(-c3nnn(C[C@H]4CC[C@H](NC(=O)CO)CC4)n3)nc(C)n2)c1. The number of carbonyl (C=O) groups is 2. The van der Waals surface area contributed by atoms with E-state index >= 15 is 0 Å². The molecule has 36 heavy (non-hydrogen) atoms. The number of benzene rings is 1. The third-order valence-corrected chi connectivity index (χ3v) is 6.12. The van der Waals surface area contributed by atoms with Gasteiger partial charge in [-0.1, -0.05) is 12.1 Å². The molecule has 1 aliphatic rings. The van der Waals surface area contributed by atoms with Crippen molar-refractivity contribution in [3.8, 4) is 17.3 Å². The van der Waals surface area contributed by atoms with Crippen molar-refractivity contribution < 1.29 is 19.4 Å². The molecule has 2 aromatic heterocycles. The molecule has 0 bridgehead atoms. The maximum Gasteiger partial charge on any atom is 0.270 e. The quantitative estimate of drug-likeness (QED) is 0.395. The number of tetrazole rings is 1. The van der Waals surface area contributed by atoms with Gasteiger partial charge in [0.15, 0.2) is 0 Å². The van der Waals surface area contributed by atoms with Crippen molar-refractivity contribution >= 4 is 11.8 Å². The van der Waals surface area contributed by atoms with Crippen molar-refractivity contribution in [2.75, 3.05) is 13.7 Å². The Morgan fingerprint density at radius 1 is 1.17 bits per heavy atom. The monoisotopic (exact) mass is 494 g/mol. The number of carbonyl (C=O) groups excluding carboxylic acids is 2. The molecule has 0 aliphatic heterocycles. The van der Waals surface area contributed by atoms with E-state index in [-0.39, 0.29) is 23.6 Å². The molecule has 0 saturated heterocycles. The van der Waals surface area contributed by atoms with Crippen LogP contribution in [0.3, 0.4) is 0 Å². The Bertz CT molecular complexity index is 1210. The Kier molecular flexibility index (Phi) is 8.16. The second-order valence-electron chi connectivity index (χ2n) is 8.83. The zero-order valence-corrected chi connectivity index (χ0v) is 20.3. The van der Waals surface area contributed by atoms with Gasteiger partial charge in [0.2, 0.25) is 11.7 Å². The van der Waals surface area contributed by atoms with Crippen LogP contribution in [-0.2, 0) is 17.9 Å². The smallest absolute Gasteiger partial charge is 0.270 e. The molecule has 1 aromatic carbocycles. The van der Waals surface area contributed by atoms with E-state index < -0.39 is 6.61 Å². The lowest BCUT2D eigenvalue weighted by Gasteiger charge is -2.28. The Morgan fingerprint density at radius 3 is 2.72 bits per heavy atom. The first-order chi connectivity index (χ1) is 17.4. The highest BCUT2D eigenvalue weighted by molar-refractivity contribution is 5.93. The summed E-state index contributed by atoms with van der Waals surface area (Å²) in [5.41, 5.74) is 1.55.